The summed E-state index contributed by atoms with van der Waals surface area (Å²) in [5.41, 5.74) is 0.00664. The maximum atomic E-state index is 11.0. The van der Waals surface area contributed by atoms with Gasteiger partial charge in [0.2, 0.25) is 0 Å². The first-order valence-electron chi connectivity index (χ1n) is 3.36. The third-order valence-electron chi connectivity index (χ3n) is 1.50. The molecule has 0 bridgehead atoms. The minimum atomic E-state index is -0.654. The molecule has 4 nitrogen and oxygen atoms in total. The molecule has 0 aliphatic heterocycles. The van der Waals surface area contributed by atoms with Gasteiger partial charge in [0.15, 0.2) is 0 Å². The molecule has 0 atom stereocenters. The number of hydrogen-bond donors (Lipinski definition) is 2. The number of benzene rings is 1. The van der Waals surface area contributed by atoms with Crippen molar-refractivity contribution in [1.29, 1.82) is 0 Å². The molecule has 0 aliphatic rings. The smallest absolute Gasteiger partial charge is 0.341 e. The second-order valence-electron chi connectivity index (χ2n) is 2.29. The van der Waals surface area contributed by atoms with Crippen molar-refractivity contribution in [2.24, 2.45) is 0 Å². The van der Waals surface area contributed by atoms with Gasteiger partial charge in [-0.3, -0.25) is 0 Å². The molecular weight excluding hydrogens is 240 g/mol. The Kier molecular flexibility index (Phi) is 2.77. The second kappa shape index (κ2) is 3.66. The van der Waals surface area contributed by atoms with Crippen molar-refractivity contribution in [3.05, 3.63) is 22.2 Å². The van der Waals surface area contributed by atoms with Gasteiger partial charge < -0.3 is 14.9 Å². The highest BCUT2D eigenvalue weighted by Gasteiger charge is 2.15. The van der Waals surface area contributed by atoms with Crippen molar-refractivity contribution in [3.8, 4) is 11.5 Å². The first-order chi connectivity index (χ1) is 6.07. The number of rotatable bonds is 1. The van der Waals surface area contributed by atoms with Gasteiger partial charge >= 0.3 is 5.97 Å². The number of hydrogen-bond acceptors (Lipinski definition) is 4. The largest absolute Gasteiger partial charge is 0.507 e. The molecule has 1 aromatic rings. The lowest BCUT2D eigenvalue weighted by Gasteiger charge is -2.05. The van der Waals surface area contributed by atoms with E-state index in [0.717, 1.165) is 0 Å². The highest BCUT2D eigenvalue weighted by molar-refractivity contribution is 9.10. The molecular formula is C8H7BrO4. The fourth-order valence-electron chi connectivity index (χ4n) is 0.829. The molecule has 0 fully saturated rings. The second-order valence-corrected chi connectivity index (χ2v) is 3.08. The molecule has 1 rings (SSSR count). The van der Waals surface area contributed by atoms with Gasteiger partial charge in [0, 0.05) is 0 Å². The first-order valence-corrected chi connectivity index (χ1v) is 4.16. The van der Waals surface area contributed by atoms with E-state index >= 15 is 0 Å². The Morgan fingerprint density at radius 1 is 1.46 bits per heavy atom. The molecule has 5 heteroatoms. The van der Waals surface area contributed by atoms with Gasteiger partial charge in [-0.05, 0) is 28.1 Å². The Bertz CT molecular complexity index is 348. The number of phenols is 2. The van der Waals surface area contributed by atoms with Crippen LogP contribution in [0.3, 0.4) is 0 Å². The molecule has 1 aromatic carbocycles. The van der Waals surface area contributed by atoms with Gasteiger partial charge in [-0.2, -0.15) is 0 Å². The molecule has 70 valence electrons. The number of phenolic OH excluding ortho intramolecular Hbond substituents is 2. The number of carbonyl (C=O) groups excluding carboxylic acids is 1. The van der Waals surface area contributed by atoms with E-state index in [1.165, 1.54) is 19.2 Å². The van der Waals surface area contributed by atoms with Crippen LogP contribution in [0.4, 0.5) is 0 Å². The summed E-state index contributed by atoms with van der Waals surface area (Å²) >= 11 is 2.92. The summed E-state index contributed by atoms with van der Waals surface area (Å²) in [6.07, 6.45) is 0. The molecule has 0 amide bonds. The third-order valence-corrected chi connectivity index (χ3v) is 2.28. The standard InChI is InChI=1S/C8H7BrO4/c1-13-8(12)4-2-3-5(10)6(9)7(4)11/h2-3,10-11H,1H3. The quantitative estimate of drug-likeness (QED) is 0.740. The maximum absolute atomic E-state index is 11.0. The SMILES string of the molecule is COC(=O)c1ccc(O)c(Br)c1O. The zero-order valence-corrected chi connectivity index (χ0v) is 8.33. The van der Waals surface area contributed by atoms with Gasteiger partial charge in [-0.15, -0.1) is 0 Å². The zero-order valence-electron chi connectivity index (χ0n) is 6.74. The number of ether oxygens (including phenoxy) is 1. The highest BCUT2D eigenvalue weighted by Crippen LogP contribution is 2.35. The van der Waals surface area contributed by atoms with Crippen LogP contribution in [0.25, 0.3) is 0 Å². The number of carbonyl (C=O) groups is 1. The third kappa shape index (κ3) is 1.75. The number of halogens is 1. The van der Waals surface area contributed by atoms with Crippen LogP contribution in [0.1, 0.15) is 10.4 Å². The minimum absolute atomic E-state index is 0.00664. The summed E-state index contributed by atoms with van der Waals surface area (Å²) in [4.78, 5) is 11.0. The van der Waals surface area contributed by atoms with Crippen LogP contribution in [0, 0.1) is 0 Å². The predicted octanol–water partition coefficient (Wildman–Crippen LogP) is 1.65. The molecule has 0 radical (unpaired) electrons. The monoisotopic (exact) mass is 246 g/mol. The average molecular weight is 247 g/mol. The van der Waals surface area contributed by atoms with Gasteiger partial charge in [0.05, 0.1) is 7.11 Å². The van der Waals surface area contributed by atoms with E-state index in [4.69, 9.17) is 5.11 Å². The zero-order chi connectivity index (χ0) is 10.0. The summed E-state index contributed by atoms with van der Waals surface area (Å²) in [7, 11) is 1.21. The number of esters is 1. The summed E-state index contributed by atoms with van der Waals surface area (Å²) in [5, 5.41) is 18.5. The van der Waals surface area contributed by atoms with Crippen molar-refractivity contribution in [1.82, 2.24) is 0 Å². The Morgan fingerprint density at radius 2 is 2.08 bits per heavy atom. The van der Waals surface area contributed by atoms with E-state index in [0.29, 0.717) is 0 Å². The van der Waals surface area contributed by atoms with Crippen LogP contribution in [0.2, 0.25) is 0 Å². The topological polar surface area (TPSA) is 66.8 Å². The normalized spacial score (nSPS) is 9.69. The van der Waals surface area contributed by atoms with Crippen molar-refractivity contribution < 1.29 is 19.7 Å². The molecule has 0 aromatic heterocycles. The fourth-order valence-corrected chi connectivity index (χ4v) is 1.17. The Balaban J connectivity index is 3.26. The summed E-state index contributed by atoms with van der Waals surface area (Å²) in [6.45, 7) is 0. The van der Waals surface area contributed by atoms with E-state index in [-0.39, 0.29) is 21.5 Å². The van der Waals surface area contributed by atoms with Crippen LogP contribution in [-0.2, 0) is 4.74 Å². The first kappa shape index (κ1) is 9.85. The average Bonchev–Trinajstić information content (AvgIpc) is 2.13. The van der Waals surface area contributed by atoms with Crippen LogP contribution in [-0.4, -0.2) is 23.3 Å². The van der Waals surface area contributed by atoms with E-state index < -0.39 is 5.97 Å². The Hall–Kier alpha value is -1.23. The highest BCUT2D eigenvalue weighted by atomic mass is 79.9. The lowest BCUT2D eigenvalue weighted by Crippen LogP contribution is -2.01. The van der Waals surface area contributed by atoms with Crippen LogP contribution in [0.15, 0.2) is 16.6 Å². The summed E-state index contributed by atoms with van der Waals surface area (Å²) in [5.74, 6) is -1.12. The minimum Gasteiger partial charge on any atom is -0.507 e. The molecule has 0 unspecified atom stereocenters. The van der Waals surface area contributed by atoms with Crippen molar-refractivity contribution in [2.75, 3.05) is 7.11 Å². The molecule has 2 N–H and O–H groups in total. The van der Waals surface area contributed by atoms with Crippen molar-refractivity contribution in [3.63, 3.8) is 0 Å². The molecule has 13 heavy (non-hydrogen) atoms. The lowest BCUT2D eigenvalue weighted by molar-refractivity contribution is 0.0597. The van der Waals surface area contributed by atoms with E-state index in [1.54, 1.807) is 0 Å². The van der Waals surface area contributed by atoms with Crippen LogP contribution in [0.5, 0.6) is 11.5 Å². The molecule has 0 heterocycles. The van der Waals surface area contributed by atoms with Gasteiger partial charge in [-0.25, -0.2) is 4.79 Å². The van der Waals surface area contributed by atoms with Crippen LogP contribution >= 0.6 is 15.9 Å². The fraction of sp³-hybridized carbons (Fsp3) is 0.125. The van der Waals surface area contributed by atoms with E-state index in [9.17, 15) is 9.90 Å². The van der Waals surface area contributed by atoms with Crippen LogP contribution < -0.4 is 0 Å². The number of methoxy groups -OCH3 is 1. The van der Waals surface area contributed by atoms with Crippen molar-refractivity contribution >= 4 is 21.9 Å². The lowest BCUT2D eigenvalue weighted by atomic mass is 10.2. The summed E-state index contributed by atoms with van der Waals surface area (Å²) in [6, 6.07) is 2.57. The van der Waals surface area contributed by atoms with Crippen molar-refractivity contribution in [2.45, 2.75) is 0 Å². The van der Waals surface area contributed by atoms with E-state index in [2.05, 4.69) is 20.7 Å². The van der Waals surface area contributed by atoms with Gasteiger partial charge in [0.25, 0.3) is 0 Å². The molecule has 0 spiro atoms. The Labute approximate surface area is 82.9 Å². The number of aromatic hydroxyl groups is 2. The van der Waals surface area contributed by atoms with Gasteiger partial charge in [-0.1, -0.05) is 0 Å². The molecule has 0 aliphatic carbocycles. The van der Waals surface area contributed by atoms with Gasteiger partial charge in [0.1, 0.15) is 21.5 Å². The molecule has 0 saturated heterocycles. The predicted molar refractivity (Wildman–Crippen MR) is 48.8 cm³/mol. The maximum Gasteiger partial charge on any atom is 0.341 e. The van der Waals surface area contributed by atoms with E-state index in [1.807, 2.05) is 0 Å². The summed E-state index contributed by atoms with van der Waals surface area (Å²) < 4.78 is 4.49. The molecule has 0 saturated carbocycles. The Morgan fingerprint density at radius 3 is 2.62 bits per heavy atom.